The molecule has 108 valence electrons. The van der Waals surface area contributed by atoms with Crippen molar-refractivity contribution in [3.8, 4) is 28.4 Å². The quantitative estimate of drug-likeness (QED) is 0.748. The van der Waals surface area contributed by atoms with Crippen LogP contribution in [0.5, 0.6) is 17.2 Å². The van der Waals surface area contributed by atoms with Crippen molar-refractivity contribution in [1.29, 1.82) is 0 Å². The van der Waals surface area contributed by atoms with Crippen molar-refractivity contribution in [3.05, 3.63) is 42.0 Å². The van der Waals surface area contributed by atoms with Gasteiger partial charge in [-0.05, 0) is 30.0 Å². The van der Waals surface area contributed by atoms with Crippen LogP contribution in [0, 0.1) is 0 Å². The SMILES string of the molecule is CCCCc1c(-c2ccccc2)cc2c3c1OP(=O)(O2)O3. The number of benzene rings is 2. The normalized spacial score (nSPS) is 20.8. The molecule has 2 aromatic rings. The number of phosphoric ester groups is 1. The van der Waals surface area contributed by atoms with Gasteiger partial charge >= 0.3 is 7.82 Å². The van der Waals surface area contributed by atoms with Crippen LogP contribution in [0.15, 0.2) is 36.4 Å². The summed E-state index contributed by atoms with van der Waals surface area (Å²) in [6.45, 7) is 2.15. The standard InChI is InChI=1S/C16H15O4P/c1-2-3-9-12-13(11-7-5-4-6-8-11)10-14-16-15(12)19-21(17,18-14)20-16/h4-8,10H,2-3,9H2,1H3. The van der Waals surface area contributed by atoms with Gasteiger partial charge in [0.1, 0.15) is 0 Å². The largest absolute Gasteiger partial charge is 0.647 e. The number of unbranched alkanes of at least 4 members (excludes halogenated alkanes) is 1. The summed E-state index contributed by atoms with van der Waals surface area (Å²) in [5.41, 5.74) is 3.22. The van der Waals surface area contributed by atoms with Crippen molar-refractivity contribution in [1.82, 2.24) is 0 Å². The van der Waals surface area contributed by atoms with Crippen molar-refractivity contribution in [2.45, 2.75) is 26.2 Å². The Kier molecular flexibility index (Phi) is 2.76. The minimum Gasteiger partial charge on any atom is -0.382 e. The average Bonchev–Trinajstić information content (AvgIpc) is 3.00. The Labute approximate surface area is 123 Å². The van der Waals surface area contributed by atoms with Crippen molar-refractivity contribution >= 4 is 7.82 Å². The van der Waals surface area contributed by atoms with Gasteiger partial charge in [-0.1, -0.05) is 43.7 Å². The molecule has 0 aliphatic carbocycles. The van der Waals surface area contributed by atoms with E-state index in [2.05, 4.69) is 19.1 Å². The average molecular weight is 302 g/mol. The Bertz CT molecular complexity index is 755. The highest BCUT2D eigenvalue weighted by Crippen LogP contribution is 2.70. The Hall–Kier alpha value is -1.93. The summed E-state index contributed by atoms with van der Waals surface area (Å²) in [6, 6.07) is 12.0. The first-order valence-electron chi connectivity index (χ1n) is 7.14. The zero-order valence-corrected chi connectivity index (χ0v) is 12.6. The van der Waals surface area contributed by atoms with Gasteiger partial charge in [-0.2, -0.15) is 4.57 Å². The summed E-state index contributed by atoms with van der Waals surface area (Å²) >= 11 is 0. The van der Waals surface area contributed by atoms with Gasteiger partial charge in [0.15, 0.2) is 11.5 Å². The van der Waals surface area contributed by atoms with E-state index in [9.17, 15) is 4.57 Å². The molecule has 21 heavy (non-hydrogen) atoms. The second-order valence-corrected chi connectivity index (χ2v) is 6.69. The van der Waals surface area contributed by atoms with E-state index in [1.165, 1.54) is 0 Å². The zero-order valence-electron chi connectivity index (χ0n) is 11.7. The molecule has 2 heterocycles. The van der Waals surface area contributed by atoms with E-state index in [4.69, 9.17) is 13.6 Å². The van der Waals surface area contributed by atoms with Gasteiger partial charge in [0.2, 0.25) is 5.75 Å². The van der Waals surface area contributed by atoms with Crippen LogP contribution in [0.2, 0.25) is 0 Å². The molecule has 0 spiro atoms. The fraction of sp³-hybridized carbons (Fsp3) is 0.250. The summed E-state index contributed by atoms with van der Waals surface area (Å²) in [4.78, 5) is 0. The lowest BCUT2D eigenvalue weighted by molar-refractivity contribution is 0.353. The molecular formula is C16H15O4P. The maximum absolute atomic E-state index is 12.1. The molecule has 1 atom stereocenters. The van der Waals surface area contributed by atoms with Crippen LogP contribution >= 0.6 is 7.82 Å². The first-order valence-corrected chi connectivity index (χ1v) is 8.60. The molecule has 1 unspecified atom stereocenters. The highest BCUT2D eigenvalue weighted by atomic mass is 31.2. The van der Waals surface area contributed by atoms with Crippen molar-refractivity contribution in [3.63, 3.8) is 0 Å². The van der Waals surface area contributed by atoms with E-state index in [0.29, 0.717) is 17.2 Å². The minimum atomic E-state index is -3.42. The van der Waals surface area contributed by atoms with Crippen molar-refractivity contribution < 1.29 is 18.1 Å². The number of hydrogen-bond donors (Lipinski definition) is 0. The molecule has 0 aromatic heterocycles. The number of rotatable bonds is 4. The maximum atomic E-state index is 12.1. The smallest absolute Gasteiger partial charge is 0.382 e. The van der Waals surface area contributed by atoms with Crippen LogP contribution in [0.3, 0.4) is 0 Å². The fourth-order valence-electron chi connectivity index (χ4n) is 2.78. The minimum absolute atomic E-state index is 0.504. The molecule has 2 aliphatic rings. The van der Waals surface area contributed by atoms with E-state index in [1.54, 1.807) is 0 Å². The lowest BCUT2D eigenvalue weighted by atomic mass is 9.94. The summed E-state index contributed by atoms with van der Waals surface area (Å²) in [5.74, 6) is 1.64. The Balaban J connectivity index is 1.90. The van der Waals surface area contributed by atoms with Crippen LogP contribution in [0.25, 0.3) is 11.1 Å². The summed E-state index contributed by atoms with van der Waals surface area (Å²) < 4.78 is 28.2. The monoisotopic (exact) mass is 302 g/mol. The Morgan fingerprint density at radius 1 is 1.05 bits per heavy atom. The van der Waals surface area contributed by atoms with Gasteiger partial charge < -0.3 is 13.6 Å². The van der Waals surface area contributed by atoms with Gasteiger partial charge in [0.05, 0.1) is 0 Å². The van der Waals surface area contributed by atoms with E-state index >= 15 is 0 Å². The molecule has 0 N–H and O–H groups in total. The second-order valence-electron chi connectivity index (χ2n) is 5.25. The molecule has 4 rings (SSSR count). The zero-order chi connectivity index (χ0) is 14.4. The van der Waals surface area contributed by atoms with E-state index in [-0.39, 0.29) is 0 Å². The molecule has 2 bridgehead atoms. The Morgan fingerprint density at radius 2 is 1.81 bits per heavy atom. The summed E-state index contributed by atoms with van der Waals surface area (Å²) in [6.07, 6.45) is 2.99. The molecule has 0 radical (unpaired) electrons. The third-order valence-electron chi connectivity index (χ3n) is 3.79. The third kappa shape index (κ3) is 1.94. The van der Waals surface area contributed by atoms with Crippen LogP contribution in [0.1, 0.15) is 25.3 Å². The van der Waals surface area contributed by atoms with Crippen LogP contribution in [-0.4, -0.2) is 0 Å². The molecule has 0 saturated heterocycles. The van der Waals surface area contributed by atoms with Crippen molar-refractivity contribution in [2.75, 3.05) is 0 Å². The van der Waals surface area contributed by atoms with Gasteiger partial charge in [-0.3, -0.25) is 0 Å². The predicted molar refractivity (Wildman–Crippen MR) is 80.0 cm³/mol. The lowest BCUT2D eigenvalue weighted by Gasteiger charge is -2.17. The molecule has 0 fully saturated rings. The maximum Gasteiger partial charge on any atom is 0.647 e. The van der Waals surface area contributed by atoms with Gasteiger partial charge in [0.25, 0.3) is 0 Å². The third-order valence-corrected chi connectivity index (χ3v) is 5.02. The number of phosphoric acid groups is 1. The van der Waals surface area contributed by atoms with Crippen LogP contribution in [0.4, 0.5) is 0 Å². The van der Waals surface area contributed by atoms with E-state index in [0.717, 1.165) is 36.0 Å². The highest BCUT2D eigenvalue weighted by Gasteiger charge is 2.51. The number of hydrogen-bond acceptors (Lipinski definition) is 4. The van der Waals surface area contributed by atoms with Crippen molar-refractivity contribution in [2.24, 2.45) is 0 Å². The molecule has 2 aromatic carbocycles. The molecule has 4 nitrogen and oxygen atoms in total. The highest BCUT2D eigenvalue weighted by molar-refractivity contribution is 7.50. The molecule has 5 heteroatoms. The molecule has 0 amide bonds. The summed E-state index contributed by atoms with van der Waals surface area (Å²) in [7, 11) is -3.42. The first-order chi connectivity index (χ1) is 10.2. The van der Waals surface area contributed by atoms with Gasteiger partial charge in [-0.25, -0.2) is 0 Å². The van der Waals surface area contributed by atoms with Crippen LogP contribution in [-0.2, 0) is 11.0 Å². The lowest BCUT2D eigenvalue weighted by Crippen LogP contribution is -2.02. The Morgan fingerprint density at radius 3 is 2.52 bits per heavy atom. The summed E-state index contributed by atoms with van der Waals surface area (Å²) in [5, 5.41) is 0. The first kappa shape index (κ1) is 12.8. The number of fused-ring (bicyclic) bond motifs is 1. The molecular weight excluding hydrogens is 287 g/mol. The molecule has 2 aliphatic heterocycles. The second kappa shape index (κ2) is 4.54. The predicted octanol–water partition coefficient (Wildman–Crippen LogP) is 4.97. The fourth-order valence-corrected chi connectivity index (χ4v) is 4.08. The van der Waals surface area contributed by atoms with Gasteiger partial charge in [-0.15, -0.1) is 0 Å². The van der Waals surface area contributed by atoms with E-state index in [1.807, 2.05) is 24.3 Å². The molecule has 0 saturated carbocycles. The van der Waals surface area contributed by atoms with Gasteiger partial charge in [0, 0.05) is 5.56 Å². The van der Waals surface area contributed by atoms with Crippen LogP contribution < -0.4 is 13.6 Å². The van der Waals surface area contributed by atoms with E-state index < -0.39 is 7.82 Å². The topological polar surface area (TPSA) is 44.8 Å².